The van der Waals surface area contributed by atoms with E-state index < -0.39 is 16.7 Å². The molecule has 1 aromatic carbocycles. The molecule has 2 aromatic rings. The number of aromatic nitrogens is 3. The Bertz CT molecular complexity index is 820. The smallest absolute Gasteiger partial charge is 0.187 e. The van der Waals surface area contributed by atoms with Gasteiger partial charge in [-0.25, -0.2) is 0 Å². The van der Waals surface area contributed by atoms with Gasteiger partial charge in [0.1, 0.15) is 5.82 Å². The van der Waals surface area contributed by atoms with E-state index >= 15 is 0 Å². The highest BCUT2D eigenvalue weighted by atomic mass is 32.2. The molecule has 0 saturated heterocycles. The Balaban J connectivity index is 1.92. The molecule has 2 heterocycles. The Morgan fingerprint density at radius 3 is 2.67 bits per heavy atom. The summed E-state index contributed by atoms with van der Waals surface area (Å²) in [5, 5.41) is 17.8. The molecule has 0 fully saturated rings. The number of benzene rings is 1. The molecule has 0 radical (unpaired) electrons. The number of aryl methyl sites for hydroxylation is 1. The van der Waals surface area contributed by atoms with Gasteiger partial charge in [0.05, 0.1) is 6.07 Å². The van der Waals surface area contributed by atoms with Crippen LogP contribution in [0.1, 0.15) is 47.2 Å². The monoisotopic (exact) mass is 342 g/mol. The van der Waals surface area contributed by atoms with Gasteiger partial charge < -0.3 is 4.57 Å². The van der Waals surface area contributed by atoms with Gasteiger partial charge in [-0.2, -0.15) is 5.26 Å². The predicted molar refractivity (Wildman–Crippen MR) is 89.0 cm³/mol. The first kappa shape index (κ1) is 16.5. The van der Waals surface area contributed by atoms with Gasteiger partial charge in [0.15, 0.2) is 17.5 Å². The van der Waals surface area contributed by atoms with Gasteiger partial charge in [0.2, 0.25) is 0 Å². The lowest BCUT2D eigenvalue weighted by Crippen LogP contribution is -2.17. The Morgan fingerprint density at radius 1 is 1.25 bits per heavy atom. The summed E-state index contributed by atoms with van der Waals surface area (Å²) in [6, 6.07) is 8.62. The second-order valence-corrected chi connectivity index (χ2v) is 7.22. The molecule has 0 bridgehead atoms. The van der Waals surface area contributed by atoms with Gasteiger partial charge in [-0.15, -0.1) is 10.2 Å². The molecule has 2 atom stereocenters. The normalized spacial score (nSPS) is 16.5. The molecule has 7 heteroatoms. The van der Waals surface area contributed by atoms with Crippen molar-refractivity contribution in [1.82, 2.24) is 14.8 Å². The topological polar surface area (TPSA) is 88.6 Å². The van der Waals surface area contributed by atoms with Crippen molar-refractivity contribution in [2.75, 3.05) is 6.26 Å². The Kier molecular flexibility index (Phi) is 4.86. The van der Waals surface area contributed by atoms with E-state index in [1.165, 1.54) is 0 Å². The number of rotatable bonds is 4. The van der Waals surface area contributed by atoms with Crippen molar-refractivity contribution in [3.63, 3.8) is 0 Å². The van der Waals surface area contributed by atoms with Gasteiger partial charge in [-0.3, -0.25) is 9.00 Å². The van der Waals surface area contributed by atoms with Crippen LogP contribution in [0, 0.1) is 11.3 Å². The summed E-state index contributed by atoms with van der Waals surface area (Å²) in [6.07, 6.45) is 5.58. The van der Waals surface area contributed by atoms with Gasteiger partial charge >= 0.3 is 0 Å². The third-order valence-corrected chi connectivity index (χ3v) is 5.19. The van der Waals surface area contributed by atoms with Crippen molar-refractivity contribution < 1.29 is 9.00 Å². The van der Waals surface area contributed by atoms with Crippen molar-refractivity contribution in [3.8, 4) is 6.07 Å². The number of hydrogen-bond donors (Lipinski definition) is 0. The third kappa shape index (κ3) is 3.15. The number of nitriles is 1. The average molecular weight is 342 g/mol. The lowest BCUT2D eigenvalue weighted by Gasteiger charge is -2.11. The molecule has 0 N–H and O–H groups in total. The van der Waals surface area contributed by atoms with Crippen LogP contribution >= 0.6 is 0 Å². The number of nitrogens with zero attached hydrogens (tertiary/aromatic N) is 4. The van der Waals surface area contributed by atoms with Gasteiger partial charge in [-0.1, -0.05) is 18.6 Å². The van der Waals surface area contributed by atoms with Crippen molar-refractivity contribution in [2.24, 2.45) is 0 Å². The predicted octanol–water partition coefficient (Wildman–Crippen LogP) is 2.23. The summed E-state index contributed by atoms with van der Waals surface area (Å²) >= 11 is 0. The van der Waals surface area contributed by atoms with Gasteiger partial charge in [-0.05, 0) is 25.0 Å². The molecular weight excluding hydrogens is 324 g/mol. The van der Waals surface area contributed by atoms with E-state index in [0.29, 0.717) is 16.3 Å². The fourth-order valence-electron chi connectivity index (χ4n) is 2.93. The molecule has 3 rings (SSSR count). The van der Waals surface area contributed by atoms with Crippen LogP contribution in [-0.2, 0) is 23.8 Å². The van der Waals surface area contributed by atoms with Crippen LogP contribution < -0.4 is 0 Å². The van der Waals surface area contributed by atoms with Crippen molar-refractivity contribution in [2.45, 2.75) is 43.0 Å². The molecule has 0 saturated carbocycles. The first-order valence-corrected chi connectivity index (χ1v) is 9.47. The summed E-state index contributed by atoms with van der Waals surface area (Å²) in [4.78, 5) is 13.4. The SMILES string of the molecule is C[S@](=O)c1ccc(C(=O)[C@H](C#N)c2nnc3n2CCCCC3)cc1. The summed E-state index contributed by atoms with van der Waals surface area (Å²) in [5.41, 5.74) is 0.418. The number of carbonyl (C=O) groups is 1. The molecule has 1 aliphatic rings. The lowest BCUT2D eigenvalue weighted by atomic mass is 9.98. The first-order chi connectivity index (χ1) is 11.6. The minimum Gasteiger partial charge on any atom is -0.313 e. The Labute approximate surface area is 143 Å². The lowest BCUT2D eigenvalue weighted by molar-refractivity contribution is 0.0974. The van der Waals surface area contributed by atoms with E-state index in [1.54, 1.807) is 30.5 Å². The van der Waals surface area contributed by atoms with E-state index in [9.17, 15) is 14.3 Å². The molecule has 0 spiro atoms. The van der Waals surface area contributed by atoms with Crippen LogP contribution in [0.25, 0.3) is 0 Å². The number of hydrogen-bond acceptors (Lipinski definition) is 5. The molecule has 1 aromatic heterocycles. The zero-order valence-electron chi connectivity index (χ0n) is 13.4. The standard InChI is InChI=1S/C17H18N4O2S/c1-24(23)13-8-6-12(7-9-13)16(22)14(11-18)17-20-19-15-5-3-2-4-10-21(15)17/h6-9,14H,2-5,10H2,1H3/t14-,24-/m0/s1. The highest BCUT2D eigenvalue weighted by Gasteiger charge is 2.29. The van der Waals surface area contributed by atoms with Crippen LogP contribution in [0.4, 0.5) is 0 Å². The maximum absolute atomic E-state index is 12.7. The molecule has 0 aliphatic carbocycles. The zero-order chi connectivity index (χ0) is 17.1. The molecular formula is C17H18N4O2S. The van der Waals surface area contributed by atoms with Gasteiger partial charge in [0, 0.05) is 40.5 Å². The molecule has 124 valence electrons. The van der Waals surface area contributed by atoms with Crippen molar-refractivity contribution >= 4 is 16.6 Å². The van der Waals surface area contributed by atoms with E-state index in [-0.39, 0.29) is 5.78 Å². The highest BCUT2D eigenvalue weighted by Crippen LogP contribution is 2.23. The van der Waals surface area contributed by atoms with Crippen LogP contribution in [-0.4, -0.2) is 31.0 Å². The first-order valence-electron chi connectivity index (χ1n) is 7.91. The third-order valence-electron chi connectivity index (χ3n) is 4.26. The average Bonchev–Trinajstić information content (AvgIpc) is 2.84. The summed E-state index contributed by atoms with van der Waals surface area (Å²) in [5.74, 6) is 0.0162. The maximum atomic E-state index is 12.7. The van der Waals surface area contributed by atoms with Crippen LogP contribution in [0.3, 0.4) is 0 Å². The largest absolute Gasteiger partial charge is 0.313 e. The molecule has 0 amide bonds. The quantitative estimate of drug-likeness (QED) is 0.795. The molecule has 6 nitrogen and oxygen atoms in total. The minimum absolute atomic E-state index is 0.301. The number of carbonyl (C=O) groups excluding carboxylic acids is 1. The minimum atomic E-state index is -1.10. The highest BCUT2D eigenvalue weighted by molar-refractivity contribution is 7.84. The summed E-state index contributed by atoms with van der Waals surface area (Å²) < 4.78 is 13.4. The van der Waals surface area contributed by atoms with E-state index in [0.717, 1.165) is 38.1 Å². The second-order valence-electron chi connectivity index (χ2n) is 5.84. The van der Waals surface area contributed by atoms with Crippen LogP contribution in [0.2, 0.25) is 0 Å². The molecule has 24 heavy (non-hydrogen) atoms. The van der Waals surface area contributed by atoms with E-state index in [1.807, 2.05) is 4.57 Å². The van der Waals surface area contributed by atoms with Crippen molar-refractivity contribution in [3.05, 3.63) is 41.5 Å². The Morgan fingerprint density at radius 2 is 2.00 bits per heavy atom. The maximum Gasteiger partial charge on any atom is 0.187 e. The summed E-state index contributed by atoms with van der Waals surface area (Å²) in [7, 11) is -1.10. The van der Waals surface area contributed by atoms with Gasteiger partial charge in [0.25, 0.3) is 0 Å². The fraction of sp³-hybridized carbons (Fsp3) is 0.412. The fourth-order valence-corrected chi connectivity index (χ4v) is 3.45. The molecule has 0 unspecified atom stereocenters. The van der Waals surface area contributed by atoms with E-state index in [2.05, 4.69) is 16.3 Å². The van der Waals surface area contributed by atoms with Crippen molar-refractivity contribution in [1.29, 1.82) is 5.26 Å². The second kappa shape index (κ2) is 7.05. The van der Waals surface area contributed by atoms with E-state index in [4.69, 9.17) is 0 Å². The summed E-state index contributed by atoms with van der Waals surface area (Å²) in [6.45, 7) is 0.747. The number of fused-ring (bicyclic) bond motifs is 1. The molecule has 1 aliphatic heterocycles. The van der Waals surface area contributed by atoms with Crippen LogP contribution in [0.15, 0.2) is 29.2 Å². The number of Topliss-reactive ketones (excluding diaryl/α,β-unsaturated/α-hetero) is 1. The Hall–Kier alpha value is -2.33. The van der Waals surface area contributed by atoms with Crippen LogP contribution in [0.5, 0.6) is 0 Å². The number of ketones is 1. The zero-order valence-corrected chi connectivity index (χ0v) is 14.3.